The third-order valence-corrected chi connectivity index (χ3v) is 5.35. The molecule has 1 unspecified atom stereocenters. The molecule has 2 heterocycles. The number of benzene rings is 2. The van der Waals surface area contributed by atoms with Gasteiger partial charge < -0.3 is 9.84 Å². The van der Waals surface area contributed by atoms with Crippen molar-refractivity contribution in [3.8, 4) is 16.9 Å². The van der Waals surface area contributed by atoms with Crippen molar-refractivity contribution in [1.29, 1.82) is 0 Å². The molecular formula is C23H16F7N5O2. The number of rotatable bonds is 9. The fourth-order valence-electron chi connectivity index (χ4n) is 3.57. The fraction of sp³-hybridized carbons (Fsp3) is 0.217. The Labute approximate surface area is 204 Å². The van der Waals surface area contributed by atoms with Crippen molar-refractivity contribution < 1.29 is 40.6 Å². The summed E-state index contributed by atoms with van der Waals surface area (Å²) >= 11 is 0. The predicted molar refractivity (Wildman–Crippen MR) is 113 cm³/mol. The Hall–Kier alpha value is -4.07. The number of hydrogen-bond donors (Lipinski definition) is 1. The molecule has 1 atom stereocenters. The molecule has 0 aliphatic rings. The topological polar surface area (TPSA) is 86.0 Å². The summed E-state index contributed by atoms with van der Waals surface area (Å²) in [5, 5.41) is 21.2. The molecule has 4 aromatic rings. The molecule has 0 amide bonds. The Bertz CT molecular complexity index is 1370. The molecule has 0 bridgehead atoms. The molecule has 0 fully saturated rings. The van der Waals surface area contributed by atoms with Crippen LogP contribution >= 0.6 is 0 Å². The van der Waals surface area contributed by atoms with Crippen LogP contribution < -0.4 is 4.74 Å². The molecule has 2 aromatic heterocycles. The van der Waals surface area contributed by atoms with Crippen molar-refractivity contribution >= 4 is 0 Å². The van der Waals surface area contributed by atoms with Gasteiger partial charge in [-0.15, -0.1) is 5.10 Å². The van der Waals surface area contributed by atoms with E-state index in [0.717, 1.165) is 41.5 Å². The smallest absolute Gasteiger partial charge is 0.427 e. The number of aliphatic hydroxyl groups is 1. The van der Waals surface area contributed by atoms with Crippen LogP contribution in [0.2, 0.25) is 0 Å². The standard InChI is InChI=1S/C23H16F7N5O2/c24-11-22(27,28)37-17-3-1-2-14(8-17)15-4-7-20(31-10-15)23(29,30)21(36,12-35-13-32-33-34-35)18-6-5-16(25)9-19(18)26/h1-10,13,36H,11-12H2. The summed E-state index contributed by atoms with van der Waals surface area (Å²) in [4.78, 5) is 3.70. The molecule has 2 aromatic carbocycles. The van der Waals surface area contributed by atoms with Gasteiger partial charge in [0.05, 0.1) is 6.54 Å². The molecule has 7 nitrogen and oxygen atoms in total. The van der Waals surface area contributed by atoms with E-state index in [-0.39, 0.29) is 16.9 Å². The van der Waals surface area contributed by atoms with Gasteiger partial charge in [0.2, 0.25) is 0 Å². The van der Waals surface area contributed by atoms with Crippen molar-refractivity contribution in [1.82, 2.24) is 25.2 Å². The van der Waals surface area contributed by atoms with Gasteiger partial charge in [0, 0.05) is 23.4 Å². The molecule has 194 valence electrons. The normalized spacial score (nSPS) is 13.8. The minimum absolute atomic E-state index is 0.186. The summed E-state index contributed by atoms with van der Waals surface area (Å²) in [6.45, 7) is -3.08. The lowest BCUT2D eigenvalue weighted by Gasteiger charge is -2.35. The van der Waals surface area contributed by atoms with E-state index >= 15 is 8.78 Å². The zero-order valence-electron chi connectivity index (χ0n) is 18.5. The van der Waals surface area contributed by atoms with Crippen LogP contribution in [-0.2, 0) is 18.1 Å². The maximum atomic E-state index is 15.8. The highest BCUT2D eigenvalue weighted by Crippen LogP contribution is 2.47. The first-order valence-corrected chi connectivity index (χ1v) is 10.4. The van der Waals surface area contributed by atoms with E-state index in [9.17, 15) is 27.1 Å². The monoisotopic (exact) mass is 527 g/mol. The predicted octanol–water partition coefficient (Wildman–Crippen LogP) is 4.63. The summed E-state index contributed by atoms with van der Waals surface area (Å²) in [6.07, 6.45) is -2.17. The Morgan fingerprint density at radius 3 is 2.35 bits per heavy atom. The second-order valence-corrected chi connectivity index (χ2v) is 7.90. The molecule has 0 radical (unpaired) electrons. The number of alkyl halides is 5. The van der Waals surface area contributed by atoms with E-state index in [0.29, 0.717) is 18.2 Å². The van der Waals surface area contributed by atoms with Crippen LogP contribution in [0.25, 0.3) is 11.1 Å². The van der Waals surface area contributed by atoms with Crippen molar-refractivity contribution in [3.63, 3.8) is 0 Å². The summed E-state index contributed by atoms with van der Waals surface area (Å²) in [7, 11) is 0. The van der Waals surface area contributed by atoms with Crippen LogP contribution in [0.4, 0.5) is 30.7 Å². The van der Waals surface area contributed by atoms with Gasteiger partial charge in [-0.3, -0.25) is 4.98 Å². The highest BCUT2D eigenvalue weighted by atomic mass is 19.3. The van der Waals surface area contributed by atoms with E-state index in [1.807, 2.05) is 0 Å². The molecule has 1 N–H and O–H groups in total. The van der Waals surface area contributed by atoms with Crippen LogP contribution in [-0.4, -0.2) is 43.1 Å². The van der Waals surface area contributed by atoms with E-state index in [2.05, 4.69) is 25.2 Å². The third kappa shape index (κ3) is 5.23. The molecule has 14 heteroatoms. The number of aromatic nitrogens is 5. The van der Waals surface area contributed by atoms with Crippen LogP contribution in [0.3, 0.4) is 0 Å². The molecule has 0 saturated carbocycles. The lowest BCUT2D eigenvalue weighted by Crippen LogP contribution is -2.48. The quantitative estimate of drug-likeness (QED) is 0.320. The Kier molecular flexibility index (Phi) is 6.86. The van der Waals surface area contributed by atoms with E-state index < -0.39 is 53.7 Å². The first-order chi connectivity index (χ1) is 17.4. The Balaban J connectivity index is 1.71. The van der Waals surface area contributed by atoms with Gasteiger partial charge >= 0.3 is 12.0 Å². The average Bonchev–Trinajstić information content (AvgIpc) is 3.36. The largest absolute Gasteiger partial charge is 0.431 e. The van der Waals surface area contributed by atoms with Gasteiger partial charge in [0.15, 0.2) is 12.3 Å². The molecular weight excluding hydrogens is 511 g/mol. The number of pyridine rings is 1. The first-order valence-electron chi connectivity index (χ1n) is 10.4. The number of ether oxygens (including phenoxy) is 1. The molecule has 0 aliphatic heterocycles. The van der Waals surface area contributed by atoms with Gasteiger partial charge in [-0.2, -0.15) is 17.6 Å². The summed E-state index contributed by atoms with van der Waals surface area (Å²) in [5.74, 6) is -7.14. The number of hydrogen-bond acceptors (Lipinski definition) is 6. The molecule has 37 heavy (non-hydrogen) atoms. The van der Waals surface area contributed by atoms with Crippen molar-refractivity contribution in [2.45, 2.75) is 24.2 Å². The van der Waals surface area contributed by atoms with Gasteiger partial charge in [-0.25, -0.2) is 17.9 Å². The zero-order valence-corrected chi connectivity index (χ0v) is 18.5. The maximum absolute atomic E-state index is 15.8. The van der Waals surface area contributed by atoms with Gasteiger partial charge in [-0.05, 0) is 46.3 Å². The number of tetrazole rings is 1. The lowest BCUT2D eigenvalue weighted by atomic mass is 9.84. The Morgan fingerprint density at radius 1 is 0.946 bits per heavy atom. The van der Waals surface area contributed by atoms with Gasteiger partial charge in [-0.1, -0.05) is 18.2 Å². The van der Waals surface area contributed by atoms with E-state index in [4.69, 9.17) is 0 Å². The van der Waals surface area contributed by atoms with Crippen molar-refractivity contribution in [3.05, 3.63) is 90.0 Å². The van der Waals surface area contributed by atoms with Crippen LogP contribution in [0, 0.1) is 11.6 Å². The highest BCUT2D eigenvalue weighted by Gasteiger charge is 2.58. The summed E-state index contributed by atoms with van der Waals surface area (Å²) in [6, 6.07) is 8.76. The molecule has 0 spiro atoms. The average molecular weight is 527 g/mol. The molecule has 0 aliphatic carbocycles. The summed E-state index contributed by atoms with van der Waals surface area (Å²) in [5.41, 5.74) is -4.83. The molecule has 0 saturated heterocycles. The highest BCUT2D eigenvalue weighted by molar-refractivity contribution is 5.64. The lowest BCUT2D eigenvalue weighted by molar-refractivity contribution is -0.207. The third-order valence-electron chi connectivity index (χ3n) is 5.35. The fourth-order valence-corrected chi connectivity index (χ4v) is 3.57. The second kappa shape index (κ2) is 9.76. The number of nitrogens with zero attached hydrogens (tertiary/aromatic N) is 5. The summed E-state index contributed by atoms with van der Waals surface area (Å²) < 4.78 is 103. The van der Waals surface area contributed by atoms with E-state index in [1.54, 1.807) is 0 Å². The molecule has 4 rings (SSSR count). The van der Waals surface area contributed by atoms with Crippen LogP contribution in [0.5, 0.6) is 5.75 Å². The van der Waals surface area contributed by atoms with Gasteiger partial charge in [0.1, 0.15) is 29.4 Å². The minimum atomic E-state index is -4.27. The second-order valence-electron chi connectivity index (χ2n) is 7.90. The van der Waals surface area contributed by atoms with Crippen LogP contribution in [0.15, 0.2) is 67.1 Å². The number of halogens is 7. The van der Waals surface area contributed by atoms with Crippen LogP contribution in [0.1, 0.15) is 11.3 Å². The van der Waals surface area contributed by atoms with Crippen molar-refractivity contribution in [2.75, 3.05) is 6.67 Å². The van der Waals surface area contributed by atoms with E-state index in [1.165, 1.54) is 12.1 Å². The first kappa shape index (κ1) is 26.0. The zero-order chi connectivity index (χ0) is 26.8. The maximum Gasteiger partial charge on any atom is 0.427 e. The van der Waals surface area contributed by atoms with Crippen molar-refractivity contribution in [2.24, 2.45) is 0 Å². The minimum Gasteiger partial charge on any atom is -0.431 e. The SMILES string of the molecule is OC(Cn1cnnn1)(c1ccc(F)cc1F)C(F)(F)c1ccc(-c2cccc(OC(F)(F)CF)c2)cn1. The van der Waals surface area contributed by atoms with Gasteiger partial charge in [0.25, 0.3) is 0 Å². The Morgan fingerprint density at radius 2 is 1.73 bits per heavy atom.